The van der Waals surface area contributed by atoms with Gasteiger partial charge in [0.1, 0.15) is 5.76 Å². The molecule has 2 aromatic rings. The van der Waals surface area contributed by atoms with Gasteiger partial charge in [-0.3, -0.25) is 4.79 Å². The highest BCUT2D eigenvalue weighted by Gasteiger charge is 2.31. The molecule has 1 saturated heterocycles. The van der Waals surface area contributed by atoms with Gasteiger partial charge in [-0.25, -0.2) is 8.42 Å². The SMILES string of the molecule is Cc1cc(NC(=O)c2ccc(S(=O)(=O)N3CC(C)CC(C)C3)cc2)no1. The predicted octanol–water partition coefficient (Wildman–Crippen LogP) is 2.90. The zero-order valence-corrected chi connectivity index (χ0v) is 15.9. The minimum absolute atomic E-state index is 0.202. The quantitative estimate of drug-likeness (QED) is 0.884. The lowest BCUT2D eigenvalue weighted by Gasteiger charge is -2.34. The van der Waals surface area contributed by atoms with Gasteiger partial charge < -0.3 is 9.84 Å². The number of aromatic nitrogens is 1. The number of amides is 1. The summed E-state index contributed by atoms with van der Waals surface area (Å²) in [5.41, 5.74) is 0.352. The van der Waals surface area contributed by atoms with Crippen molar-refractivity contribution in [3.05, 3.63) is 41.7 Å². The molecule has 2 heterocycles. The second-order valence-corrected chi connectivity index (χ2v) is 9.01. The molecular weight excluding hydrogens is 354 g/mol. The summed E-state index contributed by atoms with van der Waals surface area (Å²) in [5.74, 6) is 1.21. The molecule has 140 valence electrons. The van der Waals surface area contributed by atoms with Crippen molar-refractivity contribution in [2.75, 3.05) is 18.4 Å². The lowest BCUT2D eigenvalue weighted by atomic mass is 9.94. The van der Waals surface area contributed by atoms with Gasteiger partial charge in [0.15, 0.2) is 5.82 Å². The number of hydrogen-bond acceptors (Lipinski definition) is 5. The van der Waals surface area contributed by atoms with Gasteiger partial charge in [0, 0.05) is 24.7 Å². The molecule has 7 nitrogen and oxygen atoms in total. The highest BCUT2D eigenvalue weighted by Crippen LogP contribution is 2.26. The van der Waals surface area contributed by atoms with Crippen LogP contribution in [0.2, 0.25) is 0 Å². The average Bonchev–Trinajstić information content (AvgIpc) is 2.99. The van der Waals surface area contributed by atoms with Crippen molar-refractivity contribution in [2.24, 2.45) is 11.8 Å². The van der Waals surface area contributed by atoms with Crippen LogP contribution in [0.15, 0.2) is 39.8 Å². The monoisotopic (exact) mass is 377 g/mol. The van der Waals surface area contributed by atoms with Crippen LogP contribution in [-0.2, 0) is 10.0 Å². The molecule has 0 spiro atoms. The number of carbonyl (C=O) groups excluding carboxylic acids is 1. The molecule has 1 N–H and O–H groups in total. The van der Waals surface area contributed by atoms with Gasteiger partial charge in [-0.2, -0.15) is 4.31 Å². The van der Waals surface area contributed by atoms with E-state index in [1.54, 1.807) is 17.3 Å². The van der Waals surface area contributed by atoms with E-state index in [0.29, 0.717) is 42.1 Å². The first kappa shape index (κ1) is 18.6. The third kappa shape index (κ3) is 3.96. The van der Waals surface area contributed by atoms with E-state index in [2.05, 4.69) is 24.3 Å². The summed E-state index contributed by atoms with van der Waals surface area (Å²) in [6, 6.07) is 7.57. The molecule has 1 amide bonds. The summed E-state index contributed by atoms with van der Waals surface area (Å²) in [6.45, 7) is 6.92. The Bertz CT molecular complexity index is 879. The highest BCUT2D eigenvalue weighted by atomic mass is 32.2. The highest BCUT2D eigenvalue weighted by molar-refractivity contribution is 7.89. The number of aryl methyl sites for hydroxylation is 1. The first-order valence-electron chi connectivity index (χ1n) is 8.60. The average molecular weight is 377 g/mol. The third-order valence-corrected chi connectivity index (χ3v) is 6.31. The van der Waals surface area contributed by atoms with Crippen LogP contribution in [0.4, 0.5) is 5.82 Å². The molecule has 1 aliphatic heterocycles. The van der Waals surface area contributed by atoms with Gasteiger partial charge >= 0.3 is 0 Å². The largest absolute Gasteiger partial charge is 0.360 e. The van der Waals surface area contributed by atoms with Crippen LogP contribution in [0.5, 0.6) is 0 Å². The van der Waals surface area contributed by atoms with Crippen molar-refractivity contribution < 1.29 is 17.7 Å². The van der Waals surface area contributed by atoms with Gasteiger partial charge in [-0.15, -0.1) is 0 Å². The van der Waals surface area contributed by atoms with Crippen LogP contribution >= 0.6 is 0 Å². The molecule has 1 aromatic carbocycles. The molecule has 1 aromatic heterocycles. The van der Waals surface area contributed by atoms with Gasteiger partial charge in [-0.1, -0.05) is 19.0 Å². The molecule has 3 rings (SSSR count). The maximum atomic E-state index is 12.9. The van der Waals surface area contributed by atoms with Crippen molar-refractivity contribution in [2.45, 2.75) is 32.1 Å². The lowest BCUT2D eigenvalue weighted by Crippen LogP contribution is -2.42. The predicted molar refractivity (Wildman–Crippen MR) is 97.3 cm³/mol. The Balaban J connectivity index is 1.75. The Hall–Kier alpha value is -2.19. The zero-order chi connectivity index (χ0) is 18.9. The molecule has 1 aliphatic rings. The van der Waals surface area contributed by atoms with E-state index < -0.39 is 10.0 Å². The fraction of sp³-hybridized carbons (Fsp3) is 0.444. The van der Waals surface area contributed by atoms with Crippen LogP contribution in [-0.4, -0.2) is 36.9 Å². The number of benzene rings is 1. The molecule has 2 atom stereocenters. The lowest BCUT2D eigenvalue weighted by molar-refractivity contribution is 0.102. The number of hydrogen-bond donors (Lipinski definition) is 1. The van der Waals surface area contributed by atoms with E-state index in [-0.39, 0.29) is 10.8 Å². The molecule has 1 fully saturated rings. The van der Waals surface area contributed by atoms with Gasteiger partial charge in [0.05, 0.1) is 4.90 Å². The molecule has 8 heteroatoms. The van der Waals surface area contributed by atoms with Crippen molar-refractivity contribution in [1.82, 2.24) is 9.46 Å². The van der Waals surface area contributed by atoms with E-state index in [1.807, 2.05) is 0 Å². The van der Waals surface area contributed by atoms with Gasteiger partial charge in [0.2, 0.25) is 10.0 Å². The fourth-order valence-electron chi connectivity index (χ4n) is 3.34. The second-order valence-electron chi connectivity index (χ2n) is 7.07. The van der Waals surface area contributed by atoms with Gasteiger partial charge in [0.25, 0.3) is 5.91 Å². The standard InChI is InChI=1S/C18H23N3O4S/c1-12-8-13(2)11-21(10-12)26(23,24)16-6-4-15(5-7-16)18(22)19-17-9-14(3)25-20-17/h4-7,9,12-13H,8,10-11H2,1-3H3,(H,19,20,22). The molecular formula is C18H23N3O4S. The minimum atomic E-state index is -3.55. The molecule has 0 bridgehead atoms. The first-order valence-corrected chi connectivity index (χ1v) is 10.0. The maximum Gasteiger partial charge on any atom is 0.256 e. The Kier molecular flexibility index (Phi) is 5.15. The molecule has 26 heavy (non-hydrogen) atoms. The maximum absolute atomic E-state index is 12.9. The number of piperidine rings is 1. The first-order chi connectivity index (χ1) is 12.3. The third-order valence-electron chi connectivity index (χ3n) is 4.46. The zero-order valence-electron chi connectivity index (χ0n) is 15.1. The number of nitrogens with zero attached hydrogens (tertiary/aromatic N) is 2. The van der Waals surface area contributed by atoms with Crippen LogP contribution in [0.3, 0.4) is 0 Å². The number of nitrogens with one attached hydrogen (secondary N) is 1. The summed E-state index contributed by atoms with van der Waals surface area (Å²) in [5, 5.41) is 6.31. The summed E-state index contributed by atoms with van der Waals surface area (Å²) in [7, 11) is -3.55. The summed E-state index contributed by atoms with van der Waals surface area (Å²) < 4.78 is 32.2. The topological polar surface area (TPSA) is 92.5 Å². The number of rotatable bonds is 4. The Morgan fingerprint density at radius 1 is 1.19 bits per heavy atom. The summed E-state index contributed by atoms with van der Waals surface area (Å²) in [4.78, 5) is 12.4. The van der Waals surface area contributed by atoms with Crippen LogP contribution in [0.25, 0.3) is 0 Å². The normalized spacial score (nSPS) is 21.5. The van der Waals surface area contributed by atoms with Crippen LogP contribution in [0.1, 0.15) is 36.4 Å². The number of anilines is 1. The van der Waals surface area contributed by atoms with Crippen LogP contribution in [0, 0.1) is 18.8 Å². The van der Waals surface area contributed by atoms with Crippen molar-refractivity contribution >= 4 is 21.7 Å². The summed E-state index contributed by atoms with van der Waals surface area (Å²) in [6.07, 6.45) is 1.03. The molecule has 0 radical (unpaired) electrons. The Morgan fingerprint density at radius 3 is 2.35 bits per heavy atom. The van der Waals surface area contributed by atoms with Crippen molar-refractivity contribution in [1.29, 1.82) is 0 Å². The van der Waals surface area contributed by atoms with Crippen LogP contribution < -0.4 is 5.32 Å². The number of sulfonamides is 1. The van der Waals surface area contributed by atoms with E-state index >= 15 is 0 Å². The molecule has 0 aliphatic carbocycles. The minimum Gasteiger partial charge on any atom is -0.360 e. The van der Waals surface area contributed by atoms with E-state index in [0.717, 1.165) is 6.42 Å². The molecule has 2 unspecified atom stereocenters. The van der Waals surface area contributed by atoms with E-state index in [1.165, 1.54) is 24.3 Å². The van der Waals surface area contributed by atoms with Gasteiger partial charge in [-0.05, 0) is 49.4 Å². The summed E-state index contributed by atoms with van der Waals surface area (Å²) >= 11 is 0. The van der Waals surface area contributed by atoms with Crippen molar-refractivity contribution in [3.63, 3.8) is 0 Å². The Labute approximate surface area is 153 Å². The fourth-order valence-corrected chi connectivity index (χ4v) is 5.02. The number of carbonyl (C=O) groups is 1. The smallest absolute Gasteiger partial charge is 0.256 e. The van der Waals surface area contributed by atoms with E-state index in [9.17, 15) is 13.2 Å². The van der Waals surface area contributed by atoms with E-state index in [4.69, 9.17) is 4.52 Å². The second kappa shape index (κ2) is 7.20. The van der Waals surface area contributed by atoms with Crippen molar-refractivity contribution in [3.8, 4) is 0 Å². The Morgan fingerprint density at radius 2 is 1.81 bits per heavy atom. The molecule has 0 saturated carbocycles.